The highest BCUT2D eigenvalue weighted by molar-refractivity contribution is 5.98. The minimum absolute atomic E-state index is 0.329. The van der Waals surface area contributed by atoms with Gasteiger partial charge in [0.2, 0.25) is 0 Å². The highest BCUT2D eigenvalue weighted by atomic mass is 14.8. The zero-order valence-electron chi connectivity index (χ0n) is 8.48. The molecule has 0 aromatic carbocycles. The van der Waals surface area contributed by atoms with Gasteiger partial charge >= 0.3 is 0 Å². The maximum absolute atomic E-state index is 7.87. The van der Waals surface area contributed by atoms with Crippen LogP contribution in [0.1, 0.15) is 39.5 Å². The quantitative estimate of drug-likeness (QED) is 0.626. The van der Waals surface area contributed by atoms with Crippen molar-refractivity contribution >= 4 is 5.71 Å². The van der Waals surface area contributed by atoms with Gasteiger partial charge in [0, 0.05) is 5.71 Å². The Labute approximate surface area is 79.7 Å². The third kappa shape index (κ3) is 0.953. The largest absolute Gasteiger partial charge is 0.317 e. The van der Waals surface area contributed by atoms with Gasteiger partial charge in [0.15, 0.2) is 0 Å². The molecule has 72 valence electrons. The van der Waals surface area contributed by atoms with E-state index in [-0.39, 0.29) is 5.54 Å². The van der Waals surface area contributed by atoms with E-state index < -0.39 is 0 Å². The third-order valence-corrected chi connectivity index (χ3v) is 3.71. The van der Waals surface area contributed by atoms with Crippen LogP contribution in [0.2, 0.25) is 0 Å². The summed E-state index contributed by atoms with van der Waals surface area (Å²) < 4.78 is 0. The summed E-state index contributed by atoms with van der Waals surface area (Å²) in [4.78, 5) is 0. The van der Waals surface area contributed by atoms with Gasteiger partial charge in [0.1, 0.15) is 0 Å². The van der Waals surface area contributed by atoms with Crippen LogP contribution in [0.25, 0.3) is 0 Å². The van der Waals surface area contributed by atoms with E-state index in [2.05, 4.69) is 13.8 Å². The first-order valence-corrected chi connectivity index (χ1v) is 5.22. The molecule has 1 fully saturated rings. The van der Waals surface area contributed by atoms with Crippen molar-refractivity contribution in [2.75, 3.05) is 0 Å². The van der Waals surface area contributed by atoms with E-state index in [1.54, 1.807) is 5.57 Å². The molecule has 2 nitrogen and oxygen atoms in total. The lowest BCUT2D eigenvalue weighted by molar-refractivity contribution is 0.596. The summed E-state index contributed by atoms with van der Waals surface area (Å²) in [5.74, 6) is 0.609. The van der Waals surface area contributed by atoms with Crippen molar-refractivity contribution in [3.63, 3.8) is 0 Å². The molecule has 2 rings (SSSR count). The second-order valence-corrected chi connectivity index (χ2v) is 4.27. The van der Waals surface area contributed by atoms with Crippen molar-refractivity contribution in [3.05, 3.63) is 11.1 Å². The van der Waals surface area contributed by atoms with Gasteiger partial charge < -0.3 is 11.1 Å². The Morgan fingerprint density at radius 1 is 1.46 bits per heavy atom. The fraction of sp³-hybridized carbons (Fsp3) is 0.727. The van der Waals surface area contributed by atoms with Crippen LogP contribution in [0.4, 0.5) is 0 Å². The average Bonchev–Trinajstić information content (AvgIpc) is 2.53. The van der Waals surface area contributed by atoms with Crippen LogP contribution in [0, 0.1) is 11.3 Å². The summed E-state index contributed by atoms with van der Waals surface area (Å²) in [5.41, 5.74) is 9.65. The van der Waals surface area contributed by atoms with E-state index in [0.29, 0.717) is 5.92 Å². The molecule has 0 heterocycles. The predicted molar refractivity (Wildman–Crippen MR) is 55.0 cm³/mol. The summed E-state index contributed by atoms with van der Waals surface area (Å²) in [6.07, 6.45) is 4.08. The summed E-state index contributed by atoms with van der Waals surface area (Å²) in [7, 11) is 0. The van der Waals surface area contributed by atoms with Gasteiger partial charge in [-0.15, -0.1) is 0 Å². The molecule has 13 heavy (non-hydrogen) atoms. The Bertz CT molecular complexity index is 290. The second-order valence-electron chi connectivity index (χ2n) is 4.27. The van der Waals surface area contributed by atoms with Crippen LogP contribution in [-0.4, -0.2) is 11.3 Å². The van der Waals surface area contributed by atoms with E-state index in [1.165, 1.54) is 5.57 Å². The number of hydrogen-bond donors (Lipinski definition) is 2. The van der Waals surface area contributed by atoms with Crippen LogP contribution in [0.5, 0.6) is 0 Å². The van der Waals surface area contributed by atoms with E-state index >= 15 is 0 Å². The fourth-order valence-electron chi connectivity index (χ4n) is 3.14. The Morgan fingerprint density at radius 3 is 2.69 bits per heavy atom. The van der Waals surface area contributed by atoms with Crippen LogP contribution in [0.3, 0.4) is 0 Å². The summed E-state index contributed by atoms with van der Waals surface area (Å²) in [5, 5.41) is 7.87. The zero-order valence-corrected chi connectivity index (χ0v) is 8.48. The average molecular weight is 178 g/mol. The van der Waals surface area contributed by atoms with Crippen molar-refractivity contribution in [1.29, 1.82) is 5.41 Å². The highest BCUT2D eigenvalue weighted by Gasteiger charge is 2.50. The Morgan fingerprint density at radius 2 is 2.15 bits per heavy atom. The van der Waals surface area contributed by atoms with E-state index in [9.17, 15) is 0 Å². The van der Waals surface area contributed by atoms with Gasteiger partial charge in [-0.3, -0.25) is 0 Å². The first-order chi connectivity index (χ1) is 6.13. The Hall–Kier alpha value is -0.630. The molecule has 1 saturated carbocycles. The molecule has 0 aromatic heterocycles. The minimum Gasteiger partial charge on any atom is -0.317 e. The molecule has 2 aliphatic rings. The van der Waals surface area contributed by atoms with Crippen LogP contribution < -0.4 is 5.73 Å². The number of nitrogens with two attached hydrogens (primary N) is 1. The van der Waals surface area contributed by atoms with Gasteiger partial charge in [0.05, 0.1) is 5.54 Å². The molecule has 2 atom stereocenters. The number of hydrogen-bond acceptors (Lipinski definition) is 2. The zero-order chi connectivity index (χ0) is 9.64. The third-order valence-electron chi connectivity index (χ3n) is 3.71. The van der Waals surface area contributed by atoms with Crippen molar-refractivity contribution < 1.29 is 0 Å². The summed E-state index contributed by atoms with van der Waals surface area (Å²) in [6.45, 7) is 4.37. The first-order valence-electron chi connectivity index (χ1n) is 5.22. The van der Waals surface area contributed by atoms with E-state index in [0.717, 1.165) is 31.4 Å². The standard InChI is InChI=1S/C11H18N2/c1-3-8-7-5-10(12)11(13,6-7)9(8)4-2/h7,12H,3-6,13H2,1-2H3. The van der Waals surface area contributed by atoms with Crippen molar-refractivity contribution in [1.82, 2.24) is 0 Å². The molecule has 2 bridgehead atoms. The first kappa shape index (κ1) is 8.95. The van der Waals surface area contributed by atoms with E-state index in [4.69, 9.17) is 11.1 Å². The lowest BCUT2D eigenvalue weighted by atomic mass is 9.83. The minimum atomic E-state index is -0.329. The SMILES string of the molecule is CCC1=C(CC)C2(N)CC1CC2=N. The highest BCUT2D eigenvalue weighted by Crippen LogP contribution is 2.50. The Balaban J connectivity index is 2.47. The van der Waals surface area contributed by atoms with Crippen LogP contribution >= 0.6 is 0 Å². The molecule has 0 saturated heterocycles. The topological polar surface area (TPSA) is 49.9 Å². The number of rotatable bonds is 2. The number of allylic oxidation sites excluding steroid dienone is 1. The molecule has 0 aliphatic heterocycles. The van der Waals surface area contributed by atoms with Gasteiger partial charge in [-0.2, -0.15) is 0 Å². The predicted octanol–water partition coefficient (Wildman–Crippen LogP) is 2.24. The maximum atomic E-state index is 7.87. The molecule has 2 aliphatic carbocycles. The molecular formula is C11H18N2. The molecule has 0 aromatic rings. The van der Waals surface area contributed by atoms with Crippen LogP contribution in [0.15, 0.2) is 11.1 Å². The molecule has 2 unspecified atom stereocenters. The lowest BCUT2D eigenvalue weighted by Crippen LogP contribution is -2.44. The molecule has 2 heteroatoms. The monoisotopic (exact) mass is 178 g/mol. The normalized spacial score (nSPS) is 37.8. The van der Waals surface area contributed by atoms with Gasteiger partial charge in [-0.25, -0.2) is 0 Å². The maximum Gasteiger partial charge on any atom is 0.0760 e. The fourth-order valence-corrected chi connectivity index (χ4v) is 3.14. The van der Waals surface area contributed by atoms with Crippen LogP contribution in [-0.2, 0) is 0 Å². The van der Waals surface area contributed by atoms with Crippen molar-refractivity contribution in [2.24, 2.45) is 11.7 Å². The van der Waals surface area contributed by atoms with Gasteiger partial charge in [-0.1, -0.05) is 19.4 Å². The molecular weight excluding hydrogens is 160 g/mol. The Kier molecular flexibility index (Phi) is 1.84. The summed E-state index contributed by atoms with van der Waals surface area (Å²) in [6, 6.07) is 0. The molecule has 0 spiro atoms. The number of fused-ring (bicyclic) bond motifs is 2. The van der Waals surface area contributed by atoms with Crippen molar-refractivity contribution in [2.45, 2.75) is 45.1 Å². The van der Waals surface area contributed by atoms with Gasteiger partial charge in [-0.05, 0) is 37.2 Å². The molecule has 0 amide bonds. The van der Waals surface area contributed by atoms with Gasteiger partial charge in [0.25, 0.3) is 0 Å². The van der Waals surface area contributed by atoms with Crippen molar-refractivity contribution in [3.8, 4) is 0 Å². The second kappa shape index (κ2) is 2.68. The summed E-state index contributed by atoms with van der Waals surface area (Å²) >= 11 is 0. The smallest absolute Gasteiger partial charge is 0.0760 e. The van der Waals surface area contributed by atoms with E-state index in [1.807, 2.05) is 0 Å². The lowest BCUT2D eigenvalue weighted by Gasteiger charge is -2.27. The number of nitrogens with one attached hydrogen (secondary N) is 1. The molecule has 3 N–H and O–H groups in total. The molecule has 0 radical (unpaired) electrons.